The Kier molecular flexibility index (Phi) is 6.75. The zero-order valence-corrected chi connectivity index (χ0v) is 18.3. The minimum absolute atomic E-state index is 0.0701. The minimum Gasteiger partial charge on any atom is -0.491 e. The molecule has 0 aliphatic carbocycles. The van der Waals surface area contributed by atoms with Gasteiger partial charge in [0.1, 0.15) is 24.8 Å². The summed E-state index contributed by atoms with van der Waals surface area (Å²) in [5, 5.41) is 7.37. The van der Waals surface area contributed by atoms with E-state index in [-0.39, 0.29) is 17.9 Å². The van der Waals surface area contributed by atoms with E-state index in [0.29, 0.717) is 43.6 Å². The number of aromatic nitrogens is 2. The average Bonchev–Trinajstić information content (AvgIpc) is 3.28. The van der Waals surface area contributed by atoms with Crippen molar-refractivity contribution >= 4 is 17.6 Å². The fraction of sp³-hybridized carbons (Fsp3) is 0.435. The standard InChI is InChI=1S/C23H28N4O5/c1-16-20(32-15-14-31-16)23(29)26-12-9-18(10-13-26)27-19(8-11-24-27)25-22(28)21(30-2)17-6-4-3-5-7-17/h3-8,11,18,21H,9-10,12-15H2,1-2H3,(H,25,28)/t21-/m1/s1. The van der Waals surface area contributed by atoms with Gasteiger partial charge in [0.25, 0.3) is 11.8 Å². The van der Waals surface area contributed by atoms with Crippen LogP contribution in [0.25, 0.3) is 0 Å². The molecule has 9 heteroatoms. The van der Waals surface area contributed by atoms with Gasteiger partial charge >= 0.3 is 0 Å². The maximum absolute atomic E-state index is 12.9. The zero-order chi connectivity index (χ0) is 22.5. The van der Waals surface area contributed by atoms with Crippen molar-refractivity contribution in [2.45, 2.75) is 31.9 Å². The summed E-state index contributed by atoms with van der Waals surface area (Å²) in [5.74, 6) is 1.05. The molecule has 0 saturated carbocycles. The first-order chi connectivity index (χ1) is 15.6. The Morgan fingerprint density at radius 2 is 1.84 bits per heavy atom. The van der Waals surface area contributed by atoms with Gasteiger partial charge in [-0.25, -0.2) is 4.68 Å². The summed E-state index contributed by atoms with van der Waals surface area (Å²) in [6.45, 7) is 3.74. The predicted molar refractivity (Wildman–Crippen MR) is 117 cm³/mol. The van der Waals surface area contributed by atoms with Crippen LogP contribution in [-0.4, -0.2) is 59.9 Å². The number of carbonyl (C=O) groups is 2. The molecule has 3 heterocycles. The number of hydrogen-bond donors (Lipinski definition) is 1. The van der Waals surface area contributed by atoms with Crippen LogP contribution in [0.2, 0.25) is 0 Å². The van der Waals surface area contributed by atoms with Gasteiger partial charge in [0.2, 0.25) is 5.76 Å². The number of rotatable bonds is 6. The number of likely N-dealkylation sites (tertiary alicyclic amines) is 1. The van der Waals surface area contributed by atoms with Gasteiger partial charge in [0.15, 0.2) is 6.10 Å². The molecule has 170 valence electrons. The lowest BCUT2D eigenvalue weighted by Crippen LogP contribution is -2.41. The van der Waals surface area contributed by atoms with Crippen molar-refractivity contribution in [1.82, 2.24) is 14.7 Å². The normalized spacial score (nSPS) is 18.0. The van der Waals surface area contributed by atoms with Gasteiger partial charge in [-0.2, -0.15) is 5.10 Å². The third-order valence-electron chi connectivity index (χ3n) is 5.76. The molecule has 0 bridgehead atoms. The summed E-state index contributed by atoms with van der Waals surface area (Å²) in [5.41, 5.74) is 0.781. The number of methoxy groups -OCH3 is 1. The number of ether oxygens (including phenoxy) is 3. The Morgan fingerprint density at radius 3 is 2.53 bits per heavy atom. The zero-order valence-electron chi connectivity index (χ0n) is 18.3. The fourth-order valence-electron chi connectivity index (χ4n) is 4.09. The second-order valence-corrected chi connectivity index (χ2v) is 7.78. The summed E-state index contributed by atoms with van der Waals surface area (Å²) in [4.78, 5) is 27.4. The summed E-state index contributed by atoms with van der Waals surface area (Å²) < 4.78 is 18.2. The van der Waals surface area contributed by atoms with E-state index in [0.717, 1.165) is 18.4 Å². The lowest BCUT2D eigenvalue weighted by Gasteiger charge is -2.33. The van der Waals surface area contributed by atoms with Gasteiger partial charge in [-0.05, 0) is 25.3 Å². The molecular formula is C23H28N4O5. The molecule has 2 aromatic rings. The molecule has 1 atom stereocenters. The Hall–Kier alpha value is -3.33. The maximum atomic E-state index is 12.9. The van der Waals surface area contributed by atoms with Crippen molar-refractivity contribution in [3.8, 4) is 0 Å². The first-order valence-corrected chi connectivity index (χ1v) is 10.8. The van der Waals surface area contributed by atoms with Gasteiger partial charge in [0.05, 0.1) is 12.2 Å². The summed E-state index contributed by atoms with van der Waals surface area (Å²) in [6, 6.07) is 11.2. The SMILES string of the molecule is CO[C@@H](C(=O)Nc1ccnn1C1CCN(C(=O)C2=C(C)OCCO2)CC1)c1ccccc1. The molecule has 1 aromatic carbocycles. The average molecular weight is 441 g/mol. The highest BCUT2D eigenvalue weighted by Gasteiger charge is 2.31. The monoisotopic (exact) mass is 440 g/mol. The van der Waals surface area contributed by atoms with Gasteiger partial charge in [-0.3, -0.25) is 9.59 Å². The first-order valence-electron chi connectivity index (χ1n) is 10.8. The molecule has 0 spiro atoms. The van der Waals surface area contributed by atoms with Crippen LogP contribution in [-0.2, 0) is 23.8 Å². The molecule has 2 amide bonds. The molecule has 1 N–H and O–H groups in total. The third-order valence-corrected chi connectivity index (χ3v) is 5.76. The molecule has 1 fully saturated rings. The highest BCUT2D eigenvalue weighted by molar-refractivity contribution is 5.94. The van der Waals surface area contributed by atoms with Crippen molar-refractivity contribution in [2.75, 3.05) is 38.7 Å². The van der Waals surface area contributed by atoms with E-state index in [1.165, 1.54) is 7.11 Å². The molecule has 4 rings (SSSR count). The van der Waals surface area contributed by atoms with Crippen molar-refractivity contribution in [1.29, 1.82) is 0 Å². The molecule has 1 aromatic heterocycles. The van der Waals surface area contributed by atoms with Crippen LogP contribution in [0.3, 0.4) is 0 Å². The number of allylic oxidation sites excluding steroid dienone is 1. The first kappa shape index (κ1) is 21.9. The second kappa shape index (κ2) is 9.86. The van der Waals surface area contributed by atoms with E-state index in [1.54, 1.807) is 24.1 Å². The smallest absolute Gasteiger partial charge is 0.292 e. The van der Waals surface area contributed by atoms with Crippen molar-refractivity contribution in [2.24, 2.45) is 0 Å². The van der Waals surface area contributed by atoms with Crippen LogP contribution in [0.4, 0.5) is 5.82 Å². The Bertz CT molecular complexity index is 979. The van der Waals surface area contributed by atoms with Gasteiger partial charge in [0, 0.05) is 26.3 Å². The molecule has 9 nitrogen and oxygen atoms in total. The number of hydrogen-bond acceptors (Lipinski definition) is 6. The summed E-state index contributed by atoms with van der Waals surface area (Å²) in [7, 11) is 1.51. The van der Waals surface area contributed by atoms with Gasteiger partial charge < -0.3 is 24.4 Å². The van der Waals surface area contributed by atoms with E-state index < -0.39 is 6.10 Å². The van der Waals surface area contributed by atoms with E-state index in [2.05, 4.69) is 10.4 Å². The van der Waals surface area contributed by atoms with E-state index in [9.17, 15) is 9.59 Å². The number of nitrogens with one attached hydrogen (secondary N) is 1. The second-order valence-electron chi connectivity index (χ2n) is 7.78. The fourth-order valence-corrected chi connectivity index (χ4v) is 4.09. The number of benzene rings is 1. The summed E-state index contributed by atoms with van der Waals surface area (Å²) >= 11 is 0. The molecule has 0 radical (unpaired) electrons. The van der Waals surface area contributed by atoms with E-state index in [1.807, 2.05) is 35.0 Å². The van der Waals surface area contributed by atoms with Crippen LogP contribution in [0.15, 0.2) is 54.1 Å². The van der Waals surface area contributed by atoms with Crippen molar-refractivity contribution in [3.05, 3.63) is 59.7 Å². The number of carbonyl (C=O) groups excluding carboxylic acids is 2. The highest BCUT2D eigenvalue weighted by atomic mass is 16.6. The number of anilines is 1. The van der Waals surface area contributed by atoms with Crippen molar-refractivity contribution < 1.29 is 23.8 Å². The maximum Gasteiger partial charge on any atom is 0.292 e. The van der Waals surface area contributed by atoms with Crippen LogP contribution < -0.4 is 5.32 Å². The van der Waals surface area contributed by atoms with E-state index in [4.69, 9.17) is 14.2 Å². The Balaban J connectivity index is 1.39. The minimum atomic E-state index is -0.715. The summed E-state index contributed by atoms with van der Waals surface area (Å²) in [6.07, 6.45) is 2.39. The van der Waals surface area contributed by atoms with Gasteiger partial charge in [-0.15, -0.1) is 0 Å². The molecule has 0 unspecified atom stereocenters. The predicted octanol–water partition coefficient (Wildman–Crippen LogP) is 2.65. The van der Waals surface area contributed by atoms with Crippen LogP contribution in [0, 0.1) is 0 Å². The quantitative estimate of drug-likeness (QED) is 0.742. The van der Waals surface area contributed by atoms with E-state index >= 15 is 0 Å². The highest BCUT2D eigenvalue weighted by Crippen LogP contribution is 2.28. The van der Waals surface area contributed by atoms with Crippen LogP contribution in [0.1, 0.15) is 37.5 Å². The topological polar surface area (TPSA) is 94.9 Å². The Labute approximate surface area is 186 Å². The number of amides is 2. The van der Waals surface area contributed by atoms with Gasteiger partial charge in [-0.1, -0.05) is 30.3 Å². The molecule has 1 saturated heterocycles. The molecule has 2 aliphatic heterocycles. The lowest BCUT2D eigenvalue weighted by atomic mass is 10.0. The lowest BCUT2D eigenvalue weighted by molar-refractivity contribution is -0.134. The van der Waals surface area contributed by atoms with Crippen LogP contribution >= 0.6 is 0 Å². The molecular weight excluding hydrogens is 412 g/mol. The third kappa shape index (κ3) is 4.62. The van der Waals surface area contributed by atoms with Crippen LogP contribution in [0.5, 0.6) is 0 Å². The molecule has 2 aliphatic rings. The van der Waals surface area contributed by atoms with Crippen molar-refractivity contribution in [3.63, 3.8) is 0 Å². The number of piperidine rings is 1. The number of nitrogens with zero attached hydrogens (tertiary/aromatic N) is 3. The largest absolute Gasteiger partial charge is 0.491 e. The Morgan fingerprint density at radius 1 is 1.12 bits per heavy atom. The molecule has 32 heavy (non-hydrogen) atoms.